The number of nitrogens with zero attached hydrogens (tertiary/aromatic N) is 1. The molecule has 0 amide bonds. The molecule has 0 spiro atoms. The third kappa shape index (κ3) is 1.88. The summed E-state index contributed by atoms with van der Waals surface area (Å²) in [5.74, 6) is 0.279. The monoisotopic (exact) mass is 251 g/mol. The highest BCUT2D eigenvalue weighted by atomic mass is 35.5. The molecule has 2 nitrogen and oxygen atoms in total. The molecule has 0 aromatic heterocycles. The highest BCUT2D eigenvalue weighted by Crippen LogP contribution is 2.42. The van der Waals surface area contributed by atoms with Crippen LogP contribution in [0.15, 0.2) is 24.3 Å². The van der Waals surface area contributed by atoms with Gasteiger partial charge in [-0.2, -0.15) is 0 Å². The van der Waals surface area contributed by atoms with E-state index in [1.165, 1.54) is 12.0 Å². The largest absolute Gasteiger partial charge is 0.391 e. The summed E-state index contributed by atoms with van der Waals surface area (Å²) in [4.78, 5) is 2.36. The summed E-state index contributed by atoms with van der Waals surface area (Å²) in [6.45, 7) is 0. The average Bonchev–Trinajstić information content (AvgIpc) is 2.58. The smallest absolute Gasteiger partial charge is 0.0764 e. The van der Waals surface area contributed by atoms with Crippen molar-refractivity contribution in [1.29, 1.82) is 0 Å². The third-order valence-corrected chi connectivity index (χ3v) is 4.78. The second-order valence-corrected chi connectivity index (χ2v) is 5.78. The number of likely N-dealkylation sites (N-methyl/N-ethyl adjacent to an activating group) is 1. The number of rotatable bonds is 1. The van der Waals surface area contributed by atoms with Gasteiger partial charge in [-0.05, 0) is 44.0 Å². The lowest BCUT2D eigenvalue weighted by Crippen LogP contribution is -2.48. The Morgan fingerprint density at radius 1 is 1.24 bits per heavy atom. The van der Waals surface area contributed by atoms with E-state index in [9.17, 15) is 5.11 Å². The van der Waals surface area contributed by atoms with Gasteiger partial charge in [0.1, 0.15) is 0 Å². The molecule has 2 heterocycles. The molecule has 0 radical (unpaired) electrons. The van der Waals surface area contributed by atoms with E-state index in [-0.39, 0.29) is 12.0 Å². The molecular weight excluding hydrogens is 234 g/mol. The van der Waals surface area contributed by atoms with Gasteiger partial charge in [0.2, 0.25) is 0 Å². The quantitative estimate of drug-likeness (QED) is 0.830. The van der Waals surface area contributed by atoms with Gasteiger partial charge in [-0.1, -0.05) is 23.7 Å². The summed E-state index contributed by atoms with van der Waals surface area (Å²) >= 11 is 5.91. The van der Waals surface area contributed by atoms with Crippen molar-refractivity contribution in [3.63, 3.8) is 0 Å². The number of halogens is 1. The Morgan fingerprint density at radius 3 is 2.65 bits per heavy atom. The van der Waals surface area contributed by atoms with Crippen LogP contribution in [-0.2, 0) is 0 Å². The van der Waals surface area contributed by atoms with Crippen LogP contribution in [0.1, 0.15) is 30.7 Å². The number of fused-ring (bicyclic) bond motifs is 2. The molecule has 4 atom stereocenters. The third-order valence-electron chi connectivity index (χ3n) is 4.53. The van der Waals surface area contributed by atoms with Gasteiger partial charge in [0, 0.05) is 23.0 Å². The fourth-order valence-electron chi connectivity index (χ4n) is 3.48. The van der Waals surface area contributed by atoms with Gasteiger partial charge in [-0.15, -0.1) is 0 Å². The van der Waals surface area contributed by atoms with E-state index in [4.69, 9.17) is 11.6 Å². The predicted molar refractivity (Wildman–Crippen MR) is 69.4 cm³/mol. The highest BCUT2D eigenvalue weighted by molar-refractivity contribution is 6.30. The van der Waals surface area contributed by atoms with Crippen LogP contribution >= 0.6 is 11.6 Å². The number of hydrogen-bond acceptors (Lipinski definition) is 2. The Hall–Kier alpha value is -0.570. The zero-order valence-corrected chi connectivity index (χ0v) is 10.8. The molecule has 2 aliphatic rings. The summed E-state index contributed by atoms with van der Waals surface area (Å²) in [6, 6.07) is 8.94. The fourth-order valence-corrected chi connectivity index (χ4v) is 3.61. The Bertz CT molecular complexity index is 405. The van der Waals surface area contributed by atoms with Gasteiger partial charge in [0.15, 0.2) is 0 Å². The Balaban J connectivity index is 1.87. The zero-order valence-electron chi connectivity index (χ0n) is 10.0. The van der Waals surface area contributed by atoms with E-state index >= 15 is 0 Å². The Labute approximate surface area is 107 Å². The van der Waals surface area contributed by atoms with E-state index in [1.807, 2.05) is 12.1 Å². The molecule has 2 bridgehead atoms. The zero-order chi connectivity index (χ0) is 12.0. The van der Waals surface area contributed by atoms with Crippen molar-refractivity contribution in [3.8, 4) is 0 Å². The molecule has 2 aliphatic heterocycles. The average molecular weight is 252 g/mol. The number of piperidine rings is 1. The number of hydrogen-bond donors (Lipinski definition) is 1. The normalized spacial score (nSPS) is 37.4. The minimum absolute atomic E-state index is 0.236. The molecule has 2 fully saturated rings. The van der Waals surface area contributed by atoms with Crippen molar-refractivity contribution in [1.82, 2.24) is 4.90 Å². The molecule has 92 valence electrons. The topological polar surface area (TPSA) is 23.5 Å². The number of aliphatic hydroxyl groups is 1. The van der Waals surface area contributed by atoms with E-state index in [0.717, 1.165) is 17.9 Å². The molecule has 0 saturated carbocycles. The first-order chi connectivity index (χ1) is 8.16. The van der Waals surface area contributed by atoms with Crippen molar-refractivity contribution in [2.45, 2.75) is 43.4 Å². The van der Waals surface area contributed by atoms with Crippen molar-refractivity contribution in [3.05, 3.63) is 34.9 Å². The Morgan fingerprint density at radius 2 is 1.94 bits per heavy atom. The van der Waals surface area contributed by atoms with Crippen molar-refractivity contribution >= 4 is 11.6 Å². The first kappa shape index (κ1) is 11.5. The summed E-state index contributed by atoms with van der Waals surface area (Å²) in [7, 11) is 2.14. The summed E-state index contributed by atoms with van der Waals surface area (Å²) in [6.07, 6.45) is 3.18. The molecule has 17 heavy (non-hydrogen) atoms. The van der Waals surface area contributed by atoms with Crippen LogP contribution in [0.3, 0.4) is 0 Å². The van der Waals surface area contributed by atoms with Gasteiger partial charge < -0.3 is 5.11 Å². The summed E-state index contributed by atoms with van der Waals surface area (Å²) < 4.78 is 0. The molecule has 1 aromatic rings. The van der Waals surface area contributed by atoms with Crippen LogP contribution in [0.5, 0.6) is 0 Å². The van der Waals surface area contributed by atoms with Gasteiger partial charge in [-0.3, -0.25) is 4.90 Å². The molecule has 2 saturated heterocycles. The van der Waals surface area contributed by atoms with Gasteiger partial charge in [0.25, 0.3) is 0 Å². The van der Waals surface area contributed by atoms with E-state index in [2.05, 4.69) is 24.1 Å². The van der Waals surface area contributed by atoms with Crippen LogP contribution in [-0.4, -0.2) is 35.2 Å². The maximum Gasteiger partial charge on any atom is 0.0764 e. The molecule has 3 rings (SSSR count). The highest BCUT2D eigenvalue weighted by Gasteiger charge is 2.45. The minimum Gasteiger partial charge on any atom is -0.391 e. The Kier molecular flexibility index (Phi) is 2.89. The van der Waals surface area contributed by atoms with Crippen LogP contribution in [0.4, 0.5) is 0 Å². The number of aliphatic hydroxyl groups excluding tert-OH is 1. The molecule has 3 heteroatoms. The van der Waals surface area contributed by atoms with E-state index in [1.54, 1.807) is 0 Å². The van der Waals surface area contributed by atoms with Crippen LogP contribution in [0, 0.1) is 0 Å². The van der Waals surface area contributed by atoms with Crippen LogP contribution in [0.25, 0.3) is 0 Å². The minimum atomic E-state index is -0.236. The second-order valence-electron chi connectivity index (χ2n) is 5.35. The first-order valence-electron chi connectivity index (χ1n) is 6.32. The summed E-state index contributed by atoms with van der Waals surface area (Å²) in [5.41, 5.74) is 1.23. The van der Waals surface area contributed by atoms with Gasteiger partial charge in [-0.25, -0.2) is 0 Å². The van der Waals surface area contributed by atoms with Gasteiger partial charge >= 0.3 is 0 Å². The number of benzene rings is 1. The van der Waals surface area contributed by atoms with Crippen molar-refractivity contribution in [2.24, 2.45) is 0 Å². The molecule has 1 N–H and O–H groups in total. The van der Waals surface area contributed by atoms with E-state index < -0.39 is 0 Å². The maximum absolute atomic E-state index is 10.5. The molecule has 0 unspecified atom stereocenters. The van der Waals surface area contributed by atoms with Crippen LogP contribution < -0.4 is 0 Å². The van der Waals surface area contributed by atoms with E-state index in [0.29, 0.717) is 12.1 Å². The first-order valence-corrected chi connectivity index (χ1v) is 6.70. The van der Waals surface area contributed by atoms with Crippen LogP contribution in [0.2, 0.25) is 5.02 Å². The SMILES string of the molecule is CN1[C@@H]2CC[C@@H]1[C@H](O)[C@H](c1ccc(Cl)cc1)C2. The molecular formula is C14H18ClNO. The predicted octanol–water partition coefficient (Wildman–Crippen LogP) is 2.65. The van der Waals surface area contributed by atoms with Crippen molar-refractivity contribution < 1.29 is 5.11 Å². The molecule has 0 aliphatic carbocycles. The lowest BCUT2D eigenvalue weighted by Gasteiger charge is -2.40. The standard InChI is InChI=1S/C14H18ClNO/c1-16-11-6-7-13(16)14(17)12(8-11)9-2-4-10(15)5-3-9/h2-5,11-14,17H,6-8H2,1H3/t11-,12+,13-,14-/m1/s1. The maximum atomic E-state index is 10.5. The molecule has 1 aromatic carbocycles. The fraction of sp³-hybridized carbons (Fsp3) is 0.571. The summed E-state index contributed by atoms with van der Waals surface area (Å²) in [5, 5.41) is 11.2. The lowest BCUT2D eigenvalue weighted by molar-refractivity contribution is 0.0112. The lowest BCUT2D eigenvalue weighted by atomic mass is 9.83. The van der Waals surface area contributed by atoms with Gasteiger partial charge in [0.05, 0.1) is 6.10 Å². The van der Waals surface area contributed by atoms with Crippen molar-refractivity contribution in [2.75, 3.05) is 7.05 Å². The second kappa shape index (κ2) is 4.27.